The van der Waals surface area contributed by atoms with Gasteiger partial charge in [-0.3, -0.25) is 0 Å². The first-order chi connectivity index (χ1) is 11.5. The molecule has 0 radical (unpaired) electrons. The third-order valence-corrected chi connectivity index (χ3v) is 9.83. The fraction of sp³-hybridized carbons (Fsp3) is 1.00. The average Bonchev–Trinajstić information content (AvgIpc) is 2.48. The molecule has 2 rings (SSSR count). The van der Waals surface area contributed by atoms with Crippen LogP contribution in [0, 0.1) is 34.5 Å². The first-order valence-corrected chi connectivity index (χ1v) is 12.1. The highest BCUT2D eigenvalue weighted by molar-refractivity contribution is 8.00. The van der Waals surface area contributed by atoms with Crippen LogP contribution in [0.3, 0.4) is 0 Å². The molecule has 1 heteroatoms. The molecule has 2 saturated carbocycles. The summed E-state index contributed by atoms with van der Waals surface area (Å²) in [6.45, 7) is 20.1. The van der Waals surface area contributed by atoms with Gasteiger partial charge < -0.3 is 0 Å². The van der Waals surface area contributed by atoms with E-state index in [9.17, 15) is 0 Å². The van der Waals surface area contributed by atoms with Crippen molar-refractivity contribution < 1.29 is 0 Å². The lowest BCUT2D eigenvalue weighted by Gasteiger charge is -2.49. The van der Waals surface area contributed by atoms with E-state index in [-0.39, 0.29) is 0 Å². The number of thioether (sulfide) groups is 1. The van der Waals surface area contributed by atoms with Gasteiger partial charge in [-0.05, 0) is 47.3 Å². The lowest BCUT2D eigenvalue weighted by molar-refractivity contribution is 0.174. The smallest absolute Gasteiger partial charge is 0.0129 e. The highest BCUT2D eigenvalue weighted by Crippen LogP contribution is 2.52. The van der Waals surface area contributed by atoms with E-state index in [1.165, 1.54) is 51.4 Å². The monoisotopic (exact) mass is 366 g/mol. The van der Waals surface area contributed by atoms with Gasteiger partial charge >= 0.3 is 0 Å². The molecule has 2 fully saturated rings. The Labute approximate surface area is 163 Å². The molecule has 0 aromatic heterocycles. The zero-order valence-electron chi connectivity index (χ0n) is 18.5. The molecule has 2 aliphatic rings. The minimum atomic E-state index is 0.405. The molecule has 0 nitrogen and oxygen atoms in total. The maximum atomic E-state index is 2.54. The Bertz CT molecular complexity index is 361. The summed E-state index contributed by atoms with van der Waals surface area (Å²) < 4.78 is 0. The van der Waals surface area contributed by atoms with Gasteiger partial charge in [0.15, 0.2) is 0 Å². The van der Waals surface area contributed by atoms with E-state index in [0.29, 0.717) is 10.8 Å². The third kappa shape index (κ3) is 5.66. The van der Waals surface area contributed by atoms with E-state index in [0.717, 1.165) is 34.2 Å². The maximum absolute atomic E-state index is 2.54. The Hall–Kier alpha value is 0.350. The van der Waals surface area contributed by atoms with Gasteiger partial charge in [-0.2, -0.15) is 11.8 Å². The first kappa shape index (κ1) is 21.6. The summed E-state index contributed by atoms with van der Waals surface area (Å²) in [5.74, 6) is 3.66. The largest absolute Gasteiger partial charge is 0.153 e. The summed E-state index contributed by atoms with van der Waals surface area (Å²) in [6, 6.07) is 0. The van der Waals surface area contributed by atoms with E-state index in [1.807, 2.05) is 0 Å². The van der Waals surface area contributed by atoms with Crippen molar-refractivity contribution in [1.82, 2.24) is 0 Å². The molecule has 0 amide bonds. The highest BCUT2D eigenvalue weighted by atomic mass is 32.2. The number of hydrogen-bond acceptors (Lipinski definition) is 1. The van der Waals surface area contributed by atoms with Gasteiger partial charge in [0.25, 0.3) is 0 Å². The van der Waals surface area contributed by atoms with Crippen LogP contribution in [0.5, 0.6) is 0 Å². The Balaban J connectivity index is 2.25. The van der Waals surface area contributed by atoms with Gasteiger partial charge in [-0.15, -0.1) is 0 Å². The molecule has 0 aliphatic heterocycles. The summed E-state index contributed by atoms with van der Waals surface area (Å²) in [6.07, 6.45) is 11.7. The first-order valence-electron chi connectivity index (χ1n) is 11.2. The normalized spacial score (nSPS) is 34.6. The van der Waals surface area contributed by atoms with Crippen LogP contribution in [0.1, 0.15) is 107 Å². The molecule has 0 aromatic rings. The van der Waals surface area contributed by atoms with Crippen molar-refractivity contribution in [2.75, 3.05) is 0 Å². The van der Waals surface area contributed by atoms with Gasteiger partial charge in [0, 0.05) is 10.5 Å². The molecule has 148 valence electrons. The molecule has 25 heavy (non-hydrogen) atoms. The average molecular weight is 367 g/mol. The predicted molar refractivity (Wildman–Crippen MR) is 116 cm³/mol. The highest BCUT2D eigenvalue weighted by Gasteiger charge is 2.43. The van der Waals surface area contributed by atoms with Crippen LogP contribution in [-0.2, 0) is 0 Å². The SMILES string of the molecule is CC1CCCCC1C(SC(C1CCCCC1C)C(C)(C)C)C(C)(C)C. The summed E-state index contributed by atoms with van der Waals surface area (Å²) in [7, 11) is 0. The molecule has 6 atom stereocenters. The zero-order valence-corrected chi connectivity index (χ0v) is 19.3. The topological polar surface area (TPSA) is 0 Å². The quantitative estimate of drug-likeness (QED) is 0.483. The predicted octanol–water partition coefficient (Wildman–Crippen LogP) is 8.20. The number of rotatable bonds is 4. The molecule has 0 bridgehead atoms. The molecule has 6 unspecified atom stereocenters. The Morgan fingerprint density at radius 1 is 0.600 bits per heavy atom. The molecule has 0 heterocycles. The van der Waals surface area contributed by atoms with Crippen molar-refractivity contribution in [2.45, 2.75) is 117 Å². The van der Waals surface area contributed by atoms with E-state index in [1.54, 1.807) is 0 Å². The van der Waals surface area contributed by atoms with Crippen molar-refractivity contribution in [3.8, 4) is 0 Å². The molecule has 2 aliphatic carbocycles. The van der Waals surface area contributed by atoms with Crippen molar-refractivity contribution in [3.63, 3.8) is 0 Å². The molecule has 0 aromatic carbocycles. The second-order valence-corrected chi connectivity index (χ2v) is 12.8. The standard InChI is InChI=1S/C24H46S/c1-17-13-9-11-15-19(17)21(23(3,4)5)25-22(24(6,7)8)20-16-12-10-14-18(20)2/h17-22H,9-16H2,1-8H3. The van der Waals surface area contributed by atoms with Gasteiger partial charge in [0.05, 0.1) is 0 Å². The lowest BCUT2D eigenvalue weighted by atomic mass is 9.71. The maximum Gasteiger partial charge on any atom is 0.0129 e. The number of hydrogen-bond donors (Lipinski definition) is 0. The van der Waals surface area contributed by atoms with Crippen LogP contribution in [-0.4, -0.2) is 10.5 Å². The van der Waals surface area contributed by atoms with Crippen LogP contribution >= 0.6 is 11.8 Å². The van der Waals surface area contributed by atoms with Gasteiger partial charge in [-0.25, -0.2) is 0 Å². The van der Waals surface area contributed by atoms with Crippen LogP contribution in [0.2, 0.25) is 0 Å². The Morgan fingerprint density at radius 3 is 1.20 bits per heavy atom. The van der Waals surface area contributed by atoms with Crippen LogP contribution in [0.25, 0.3) is 0 Å². The van der Waals surface area contributed by atoms with Crippen molar-refractivity contribution in [3.05, 3.63) is 0 Å². The fourth-order valence-corrected chi connectivity index (χ4v) is 7.99. The Morgan fingerprint density at radius 2 is 0.920 bits per heavy atom. The molecule has 0 saturated heterocycles. The molecular weight excluding hydrogens is 320 g/mol. The van der Waals surface area contributed by atoms with E-state index in [4.69, 9.17) is 0 Å². The van der Waals surface area contributed by atoms with Crippen LogP contribution < -0.4 is 0 Å². The van der Waals surface area contributed by atoms with E-state index in [2.05, 4.69) is 67.2 Å². The molecule has 0 spiro atoms. The third-order valence-electron chi connectivity index (χ3n) is 7.13. The van der Waals surface area contributed by atoms with Gasteiger partial charge in [-0.1, -0.05) is 93.9 Å². The van der Waals surface area contributed by atoms with Gasteiger partial charge in [0.2, 0.25) is 0 Å². The lowest BCUT2D eigenvalue weighted by Crippen LogP contribution is -2.43. The van der Waals surface area contributed by atoms with E-state index < -0.39 is 0 Å². The minimum Gasteiger partial charge on any atom is -0.153 e. The van der Waals surface area contributed by atoms with Crippen molar-refractivity contribution >= 4 is 11.8 Å². The summed E-state index contributed by atoms with van der Waals surface area (Å²) in [5, 5.41) is 1.61. The second-order valence-electron chi connectivity index (χ2n) is 11.6. The van der Waals surface area contributed by atoms with E-state index >= 15 is 0 Å². The van der Waals surface area contributed by atoms with Gasteiger partial charge in [0.1, 0.15) is 0 Å². The summed E-state index contributed by atoms with van der Waals surface area (Å²) in [4.78, 5) is 0. The van der Waals surface area contributed by atoms with Crippen LogP contribution in [0.4, 0.5) is 0 Å². The minimum absolute atomic E-state index is 0.405. The second kappa shape index (κ2) is 8.57. The molecule has 0 N–H and O–H groups in total. The summed E-state index contributed by atoms with van der Waals surface area (Å²) in [5.41, 5.74) is 0.810. The van der Waals surface area contributed by atoms with Crippen molar-refractivity contribution in [2.24, 2.45) is 34.5 Å². The molecular formula is C24H46S. The summed E-state index contributed by atoms with van der Waals surface area (Å²) >= 11 is 2.42. The van der Waals surface area contributed by atoms with Crippen LogP contribution in [0.15, 0.2) is 0 Å². The Kier molecular flexibility index (Phi) is 7.42. The fourth-order valence-electron chi connectivity index (χ4n) is 5.64. The zero-order chi connectivity index (χ0) is 18.8. The van der Waals surface area contributed by atoms with Crippen molar-refractivity contribution in [1.29, 1.82) is 0 Å².